The van der Waals surface area contributed by atoms with Crippen molar-refractivity contribution in [3.63, 3.8) is 0 Å². The van der Waals surface area contributed by atoms with E-state index in [4.69, 9.17) is 4.74 Å². The van der Waals surface area contributed by atoms with E-state index in [1.54, 1.807) is 11.3 Å². The Hall–Kier alpha value is -2.21. The summed E-state index contributed by atoms with van der Waals surface area (Å²) in [5.74, 6) is 0.528. The van der Waals surface area contributed by atoms with Gasteiger partial charge in [-0.15, -0.1) is 11.3 Å². The van der Waals surface area contributed by atoms with Gasteiger partial charge in [-0.05, 0) is 51.2 Å². The van der Waals surface area contributed by atoms with Crippen molar-refractivity contribution < 1.29 is 9.53 Å². The fourth-order valence-electron chi connectivity index (χ4n) is 3.52. The van der Waals surface area contributed by atoms with E-state index in [0.29, 0.717) is 5.88 Å². The molecule has 1 aliphatic rings. The Morgan fingerprint density at radius 1 is 1.28 bits per heavy atom. The summed E-state index contributed by atoms with van der Waals surface area (Å²) in [4.78, 5) is 23.7. The molecule has 1 aliphatic carbocycles. The molecule has 0 bridgehead atoms. The third-order valence-electron chi connectivity index (χ3n) is 5.13. The van der Waals surface area contributed by atoms with Gasteiger partial charge in [0.25, 0.3) is 0 Å². The number of ether oxygens (including phenoxy) is 1. The second kappa shape index (κ2) is 6.26. The molecule has 0 spiro atoms. The van der Waals surface area contributed by atoms with E-state index >= 15 is 0 Å². The highest BCUT2D eigenvalue weighted by molar-refractivity contribution is 7.18. The van der Waals surface area contributed by atoms with Crippen molar-refractivity contribution in [2.24, 2.45) is 7.05 Å². The topological polar surface area (TPSA) is 57.0 Å². The zero-order chi connectivity index (χ0) is 17.6. The molecule has 6 heteroatoms. The van der Waals surface area contributed by atoms with E-state index in [9.17, 15) is 4.79 Å². The average molecular weight is 355 g/mol. The number of hydrogen-bond donors (Lipinski definition) is 0. The summed E-state index contributed by atoms with van der Waals surface area (Å²) in [6.07, 6.45) is 6.10. The monoisotopic (exact) mass is 355 g/mol. The summed E-state index contributed by atoms with van der Waals surface area (Å²) in [6.45, 7) is 3.95. The maximum atomic E-state index is 12.6. The number of thiophene rings is 1. The zero-order valence-electron chi connectivity index (χ0n) is 14.8. The van der Waals surface area contributed by atoms with Gasteiger partial charge in [0.05, 0.1) is 5.39 Å². The van der Waals surface area contributed by atoms with E-state index in [1.807, 2.05) is 31.5 Å². The number of nitrogens with zero attached hydrogens (tertiary/aromatic N) is 3. The van der Waals surface area contributed by atoms with Gasteiger partial charge in [0, 0.05) is 28.9 Å². The highest BCUT2D eigenvalue weighted by Crippen LogP contribution is 2.38. The second-order valence-electron chi connectivity index (χ2n) is 6.63. The lowest BCUT2D eigenvalue weighted by Crippen LogP contribution is -2.13. The Labute approximate surface area is 150 Å². The third kappa shape index (κ3) is 2.74. The van der Waals surface area contributed by atoms with E-state index in [0.717, 1.165) is 40.0 Å². The van der Waals surface area contributed by atoms with Crippen molar-refractivity contribution in [3.8, 4) is 5.88 Å². The van der Waals surface area contributed by atoms with Crippen LogP contribution in [0.15, 0.2) is 12.4 Å². The number of ketones is 1. The van der Waals surface area contributed by atoms with E-state index in [2.05, 4.69) is 9.97 Å². The number of carbonyl (C=O) groups excluding carboxylic acids is 1. The Kier molecular flexibility index (Phi) is 4.07. The molecule has 3 heterocycles. The standard InChI is InChI=1S/C19H21N3O2S/c1-11-8-14(12(2)22(11)3)15(23)9-24-18-17-13-6-4-5-7-16(13)25-19(17)21-10-20-18/h8,10H,4-7,9H2,1-3H3. The van der Waals surface area contributed by atoms with Crippen LogP contribution in [0.1, 0.15) is 45.0 Å². The maximum Gasteiger partial charge on any atom is 0.226 e. The largest absolute Gasteiger partial charge is 0.469 e. The molecular formula is C19H21N3O2S. The van der Waals surface area contributed by atoms with Crippen LogP contribution in [0.5, 0.6) is 5.88 Å². The van der Waals surface area contributed by atoms with Gasteiger partial charge in [-0.1, -0.05) is 0 Å². The quantitative estimate of drug-likeness (QED) is 0.668. The highest BCUT2D eigenvalue weighted by Gasteiger charge is 2.21. The summed E-state index contributed by atoms with van der Waals surface area (Å²) >= 11 is 1.73. The lowest BCUT2D eigenvalue weighted by Gasteiger charge is -2.11. The fraction of sp³-hybridized carbons (Fsp3) is 0.421. The van der Waals surface area contributed by atoms with Crippen LogP contribution in [-0.4, -0.2) is 26.9 Å². The molecule has 0 amide bonds. The van der Waals surface area contributed by atoms with Crippen LogP contribution in [-0.2, 0) is 19.9 Å². The van der Waals surface area contributed by atoms with E-state index in [1.165, 1.54) is 29.6 Å². The molecule has 0 aromatic carbocycles. The van der Waals surface area contributed by atoms with E-state index in [-0.39, 0.29) is 12.4 Å². The number of aryl methyl sites for hydroxylation is 3. The summed E-state index contributed by atoms with van der Waals surface area (Å²) in [5, 5.41) is 1.01. The summed E-state index contributed by atoms with van der Waals surface area (Å²) in [5.41, 5.74) is 4.07. The second-order valence-corrected chi connectivity index (χ2v) is 7.71. The van der Waals surface area contributed by atoms with Gasteiger partial charge in [0.2, 0.25) is 11.7 Å². The maximum absolute atomic E-state index is 12.6. The molecule has 3 aromatic heterocycles. The predicted octanol–water partition coefficient (Wildman–Crippen LogP) is 3.79. The van der Waals surface area contributed by atoms with Crippen LogP contribution in [0.25, 0.3) is 10.2 Å². The first-order valence-corrected chi connectivity index (χ1v) is 9.42. The molecule has 0 atom stereocenters. The minimum absolute atomic E-state index is 0.00102. The van der Waals surface area contributed by atoms with Crippen LogP contribution >= 0.6 is 11.3 Å². The lowest BCUT2D eigenvalue weighted by molar-refractivity contribution is 0.0918. The number of Topliss-reactive ketones (excluding diaryl/α,β-unsaturated/α-hetero) is 1. The molecular weight excluding hydrogens is 334 g/mol. The van der Waals surface area contributed by atoms with Crippen molar-refractivity contribution in [1.29, 1.82) is 0 Å². The van der Waals surface area contributed by atoms with Crippen molar-refractivity contribution in [3.05, 3.63) is 39.8 Å². The normalized spacial score (nSPS) is 13.9. The molecule has 0 fully saturated rings. The number of rotatable bonds is 4. The van der Waals surface area contributed by atoms with Gasteiger partial charge < -0.3 is 9.30 Å². The number of aromatic nitrogens is 3. The number of hydrogen-bond acceptors (Lipinski definition) is 5. The van der Waals surface area contributed by atoms with Crippen molar-refractivity contribution in [2.45, 2.75) is 39.5 Å². The third-order valence-corrected chi connectivity index (χ3v) is 6.33. The molecule has 25 heavy (non-hydrogen) atoms. The Balaban J connectivity index is 1.62. The molecule has 5 nitrogen and oxygen atoms in total. The number of carbonyl (C=O) groups is 1. The molecule has 4 rings (SSSR count). The minimum atomic E-state index is -0.0166. The van der Waals surface area contributed by atoms with Gasteiger partial charge in [0.1, 0.15) is 11.2 Å². The molecule has 0 saturated carbocycles. The van der Waals surface area contributed by atoms with Crippen LogP contribution < -0.4 is 4.74 Å². The van der Waals surface area contributed by atoms with Crippen molar-refractivity contribution in [1.82, 2.24) is 14.5 Å². The Morgan fingerprint density at radius 2 is 2.08 bits per heavy atom. The smallest absolute Gasteiger partial charge is 0.226 e. The van der Waals surface area contributed by atoms with E-state index < -0.39 is 0 Å². The molecule has 3 aromatic rings. The molecule has 130 valence electrons. The molecule has 0 radical (unpaired) electrons. The van der Waals surface area contributed by atoms with Gasteiger partial charge >= 0.3 is 0 Å². The van der Waals surface area contributed by atoms with Gasteiger partial charge in [0.15, 0.2) is 6.61 Å². The Morgan fingerprint density at radius 3 is 2.84 bits per heavy atom. The van der Waals surface area contributed by atoms with Gasteiger partial charge in [-0.2, -0.15) is 0 Å². The van der Waals surface area contributed by atoms with Crippen LogP contribution in [0.4, 0.5) is 0 Å². The molecule has 0 unspecified atom stereocenters. The van der Waals surface area contributed by atoms with Crippen LogP contribution in [0.3, 0.4) is 0 Å². The number of fused-ring (bicyclic) bond motifs is 3. The minimum Gasteiger partial charge on any atom is -0.469 e. The summed E-state index contributed by atoms with van der Waals surface area (Å²) in [6, 6.07) is 1.92. The Bertz CT molecular complexity index is 971. The van der Waals surface area contributed by atoms with Crippen molar-refractivity contribution >= 4 is 27.3 Å². The summed E-state index contributed by atoms with van der Waals surface area (Å²) in [7, 11) is 1.97. The fourth-order valence-corrected chi connectivity index (χ4v) is 4.74. The first kappa shape index (κ1) is 16.3. The highest BCUT2D eigenvalue weighted by atomic mass is 32.1. The SMILES string of the molecule is Cc1cc(C(=O)COc2ncnc3sc4c(c23)CCCC4)c(C)n1C. The first-order valence-electron chi connectivity index (χ1n) is 8.60. The average Bonchev–Trinajstić information content (AvgIpc) is 3.12. The predicted molar refractivity (Wildman–Crippen MR) is 98.8 cm³/mol. The molecule has 0 saturated heterocycles. The molecule has 0 aliphatic heterocycles. The van der Waals surface area contributed by atoms with Crippen LogP contribution in [0, 0.1) is 13.8 Å². The van der Waals surface area contributed by atoms with Crippen molar-refractivity contribution in [2.75, 3.05) is 6.61 Å². The molecule has 0 N–H and O–H groups in total. The van der Waals surface area contributed by atoms with Gasteiger partial charge in [-0.25, -0.2) is 9.97 Å². The lowest BCUT2D eigenvalue weighted by atomic mass is 9.97. The van der Waals surface area contributed by atoms with Crippen LogP contribution in [0.2, 0.25) is 0 Å². The van der Waals surface area contributed by atoms with Gasteiger partial charge in [-0.3, -0.25) is 4.79 Å². The zero-order valence-corrected chi connectivity index (χ0v) is 15.6. The summed E-state index contributed by atoms with van der Waals surface area (Å²) < 4.78 is 7.88. The first-order chi connectivity index (χ1) is 12.1.